The lowest BCUT2D eigenvalue weighted by atomic mass is 10.2. The molecule has 1 aliphatic rings. The Balaban J connectivity index is 1.93. The van der Waals surface area contributed by atoms with E-state index in [0.717, 1.165) is 36.0 Å². The summed E-state index contributed by atoms with van der Waals surface area (Å²) < 4.78 is 35.8. The van der Waals surface area contributed by atoms with Crippen molar-refractivity contribution in [3.05, 3.63) is 61.5 Å². The monoisotopic (exact) mass is 513 g/mol. The standard InChI is InChI=1S/C17H12BrN3O7S2/c1-27-13-7-9(8-14-16(22)20-17(19)29-14)6-12(18)15(13)28-30(25,26)11-4-2-10(3-5-11)21(23)24/h2-8H,1H3,(H2,19,20,22)/b14-8-. The van der Waals surface area contributed by atoms with Gasteiger partial charge in [0, 0.05) is 12.1 Å². The van der Waals surface area contributed by atoms with E-state index in [4.69, 9.17) is 14.7 Å². The summed E-state index contributed by atoms with van der Waals surface area (Å²) in [6, 6.07) is 7.25. The van der Waals surface area contributed by atoms with Gasteiger partial charge in [-0.2, -0.15) is 13.4 Å². The molecule has 0 aliphatic carbocycles. The Labute approximate surface area is 183 Å². The number of nitrogens with two attached hydrogens (primary N) is 1. The number of ether oxygens (including phenoxy) is 1. The molecule has 0 bridgehead atoms. The highest BCUT2D eigenvalue weighted by Gasteiger charge is 2.24. The first-order chi connectivity index (χ1) is 14.1. The first-order valence-corrected chi connectivity index (χ1v) is 11.0. The van der Waals surface area contributed by atoms with Gasteiger partial charge in [0.2, 0.25) is 0 Å². The van der Waals surface area contributed by atoms with Crippen LogP contribution in [0, 0.1) is 10.1 Å². The molecule has 0 aromatic heterocycles. The van der Waals surface area contributed by atoms with Gasteiger partial charge in [-0.15, -0.1) is 0 Å². The van der Waals surface area contributed by atoms with Crippen LogP contribution in [0.4, 0.5) is 5.69 Å². The van der Waals surface area contributed by atoms with Crippen LogP contribution in [0.5, 0.6) is 11.5 Å². The van der Waals surface area contributed by atoms with E-state index in [1.165, 1.54) is 25.3 Å². The number of non-ortho nitro benzene ring substituents is 1. The molecule has 0 unspecified atom stereocenters. The Morgan fingerprint density at radius 2 is 1.93 bits per heavy atom. The minimum absolute atomic E-state index is 0.0750. The lowest BCUT2D eigenvalue weighted by molar-refractivity contribution is -0.384. The van der Waals surface area contributed by atoms with Gasteiger partial charge in [-0.3, -0.25) is 14.9 Å². The maximum atomic E-state index is 12.6. The fraction of sp³-hybridized carbons (Fsp3) is 0.0588. The van der Waals surface area contributed by atoms with Gasteiger partial charge >= 0.3 is 10.1 Å². The molecule has 0 atom stereocenters. The molecule has 2 aromatic carbocycles. The molecule has 30 heavy (non-hydrogen) atoms. The second-order valence-electron chi connectivity index (χ2n) is 5.69. The Morgan fingerprint density at radius 1 is 1.27 bits per heavy atom. The number of hydrogen-bond donors (Lipinski definition) is 1. The summed E-state index contributed by atoms with van der Waals surface area (Å²) in [4.78, 5) is 25.5. The molecule has 1 heterocycles. The van der Waals surface area contributed by atoms with Gasteiger partial charge in [0.1, 0.15) is 4.90 Å². The van der Waals surface area contributed by atoms with Crippen LogP contribution in [-0.4, -0.2) is 31.5 Å². The van der Waals surface area contributed by atoms with Gasteiger partial charge in [-0.05, 0) is 63.6 Å². The molecule has 2 aromatic rings. The summed E-state index contributed by atoms with van der Waals surface area (Å²) in [5.41, 5.74) is 5.78. The number of benzene rings is 2. The lowest BCUT2D eigenvalue weighted by Gasteiger charge is -2.13. The van der Waals surface area contributed by atoms with E-state index in [1.807, 2.05) is 0 Å². The zero-order valence-corrected chi connectivity index (χ0v) is 18.3. The fourth-order valence-electron chi connectivity index (χ4n) is 2.37. The van der Waals surface area contributed by atoms with Crippen LogP contribution in [0.1, 0.15) is 5.56 Å². The number of amides is 1. The highest BCUT2D eigenvalue weighted by atomic mass is 79.9. The predicted octanol–water partition coefficient (Wildman–Crippen LogP) is 3.06. The average molecular weight is 514 g/mol. The molecule has 0 spiro atoms. The van der Waals surface area contributed by atoms with Gasteiger partial charge in [0.25, 0.3) is 11.6 Å². The maximum Gasteiger partial charge on any atom is 0.339 e. The van der Waals surface area contributed by atoms with Crippen molar-refractivity contribution in [2.24, 2.45) is 10.7 Å². The molecule has 1 amide bonds. The number of rotatable bonds is 6. The summed E-state index contributed by atoms with van der Waals surface area (Å²) in [5.74, 6) is -0.529. The SMILES string of the molecule is COc1cc(/C=C2\SC(N)=NC2=O)cc(Br)c1OS(=O)(=O)c1ccc([N+](=O)[O-])cc1. The van der Waals surface area contributed by atoms with Gasteiger partial charge in [-0.1, -0.05) is 0 Å². The molecule has 0 saturated heterocycles. The number of methoxy groups -OCH3 is 1. The van der Waals surface area contributed by atoms with Crippen molar-refractivity contribution in [1.29, 1.82) is 0 Å². The third-order valence-electron chi connectivity index (χ3n) is 3.72. The van der Waals surface area contributed by atoms with Crippen molar-refractivity contribution in [2.75, 3.05) is 7.11 Å². The second-order valence-corrected chi connectivity index (χ2v) is 9.15. The van der Waals surface area contributed by atoms with Crippen molar-refractivity contribution in [3.8, 4) is 11.5 Å². The van der Waals surface area contributed by atoms with Gasteiger partial charge in [0.15, 0.2) is 16.7 Å². The molecular weight excluding hydrogens is 502 g/mol. The summed E-state index contributed by atoms with van der Waals surface area (Å²) in [6.07, 6.45) is 1.53. The van der Waals surface area contributed by atoms with Gasteiger partial charge in [-0.25, -0.2) is 0 Å². The summed E-state index contributed by atoms with van der Waals surface area (Å²) in [6.45, 7) is 0. The zero-order valence-electron chi connectivity index (χ0n) is 15.1. The van der Waals surface area contributed by atoms with E-state index in [1.54, 1.807) is 0 Å². The Hall–Kier alpha value is -2.90. The number of amidine groups is 1. The van der Waals surface area contributed by atoms with Crippen molar-refractivity contribution >= 4 is 60.6 Å². The second kappa shape index (κ2) is 8.45. The van der Waals surface area contributed by atoms with E-state index in [9.17, 15) is 23.3 Å². The Bertz CT molecular complexity index is 1210. The molecule has 3 rings (SSSR count). The number of carbonyl (C=O) groups is 1. The van der Waals surface area contributed by atoms with E-state index in [-0.39, 0.29) is 31.7 Å². The maximum absolute atomic E-state index is 12.6. The predicted molar refractivity (Wildman–Crippen MR) is 114 cm³/mol. The van der Waals surface area contributed by atoms with Crippen LogP contribution >= 0.6 is 27.7 Å². The van der Waals surface area contributed by atoms with E-state index < -0.39 is 20.9 Å². The summed E-state index contributed by atoms with van der Waals surface area (Å²) >= 11 is 4.25. The van der Waals surface area contributed by atoms with E-state index >= 15 is 0 Å². The first kappa shape index (κ1) is 21.8. The molecule has 0 fully saturated rings. The minimum atomic E-state index is -4.30. The average Bonchev–Trinajstić information content (AvgIpc) is 3.00. The van der Waals surface area contributed by atoms with Crippen molar-refractivity contribution < 1.29 is 27.1 Å². The number of carbonyl (C=O) groups excluding carboxylic acids is 1. The third-order valence-corrected chi connectivity index (χ3v) is 6.35. The summed E-state index contributed by atoms with van der Waals surface area (Å²) in [7, 11) is -2.98. The van der Waals surface area contributed by atoms with Crippen LogP contribution in [0.15, 0.2) is 55.7 Å². The van der Waals surface area contributed by atoms with Gasteiger partial charge in [0.05, 0.1) is 21.4 Å². The Morgan fingerprint density at radius 3 is 2.47 bits per heavy atom. The minimum Gasteiger partial charge on any atom is -0.493 e. The van der Waals surface area contributed by atoms with Crippen LogP contribution in [-0.2, 0) is 14.9 Å². The fourth-order valence-corrected chi connectivity index (χ4v) is 4.66. The number of thioether (sulfide) groups is 1. The van der Waals surface area contributed by atoms with Crippen molar-refractivity contribution in [2.45, 2.75) is 4.90 Å². The number of nitrogens with zero attached hydrogens (tertiary/aromatic N) is 2. The molecule has 1 aliphatic heterocycles. The topological polar surface area (TPSA) is 151 Å². The molecular formula is C17H12BrN3O7S2. The smallest absolute Gasteiger partial charge is 0.339 e. The largest absolute Gasteiger partial charge is 0.493 e. The molecule has 13 heteroatoms. The first-order valence-electron chi connectivity index (χ1n) is 7.95. The van der Waals surface area contributed by atoms with Crippen molar-refractivity contribution in [3.63, 3.8) is 0 Å². The molecule has 0 saturated carbocycles. The van der Waals surface area contributed by atoms with E-state index in [0.29, 0.717) is 10.5 Å². The number of nitro benzene ring substituents is 1. The van der Waals surface area contributed by atoms with Gasteiger partial charge < -0.3 is 14.7 Å². The number of nitro groups is 1. The molecule has 0 radical (unpaired) electrons. The number of halogens is 1. The van der Waals surface area contributed by atoms with Crippen LogP contribution < -0.4 is 14.7 Å². The van der Waals surface area contributed by atoms with Crippen LogP contribution in [0.2, 0.25) is 0 Å². The molecule has 10 nitrogen and oxygen atoms in total. The van der Waals surface area contributed by atoms with Crippen molar-refractivity contribution in [1.82, 2.24) is 0 Å². The quantitative estimate of drug-likeness (QED) is 0.265. The highest BCUT2D eigenvalue weighted by Crippen LogP contribution is 2.40. The number of hydrogen-bond acceptors (Lipinski definition) is 9. The highest BCUT2D eigenvalue weighted by molar-refractivity contribution is 9.10. The lowest BCUT2D eigenvalue weighted by Crippen LogP contribution is -2.11. The molecule has 2 N–H and O–H groups in total. The third kappa shape index (κ3) is 4.63. The number of aliphatic imine (C=N–C) groups is 1. The van der Waals surface area contributed by atoms with Crippen LogP contribution in [0.3, 0.4) is 0 Å². The Kier molecular flexibility index (Phi) is 6.14. The van der Waals surface area contributed by atoms with Crippen LogP contribution in [0.25, 0.3) is 6.08 Å². The molecule has 156 valence electrons. The summed E-state index contributed by atoms with van der Waals surface area (Å²) in [5, 5.41) is 10.9. The normalized spacial score (nSPS) is 15.2. The van der Waals surface area contributed by atoms with E-state index in [2.05, 4.69) is 20.9 Å². The zero-order chi connectivity index (χ0) is 22.1.